The van der Waals surface area contributed by atoms with Gasteiger partial charge in [0.15, 0.2) is 12.4 Å². The highest BCUT2D eigenvalue weighted by Gasteiger charge is 2.22. The molecule has 0 aliphatic rings. The normalized spacial score (nSPS) is 13.2. The van der Waals surface area contributed by atoms with E-state index in [1.165, 1.54) is 212 Å². The highest BCUT2D eigenvalue weighted by atomic mass is 16.7. The van der Waals surface area contributed by atoms with Gasteiger partial charge in [-0.05, 0) is 70.6 Å². The predicted molar refractivity (Wildman–Crippen MR) is 361 cm³/mol. The van der Waals surface area contributed by atoms with Gasteiger partial charge in [0.2, 0.25) is 0 Å². The number of aliphatic carboxylic acids is 1. The third-order valence-electron chi connectivity index (χ3n) is 15.7. The Morgan fingerprint density at radius 1 is 0.365 bits per heavy atom. The summed E-state index contributed by atoms with van der Waals surface area (Å²) in [6.07, 6.45) is 86.7. The fraction of sp³-hybridized carbons (Fsp3) is 0.776. The third kappa shape index (κ3) is 67.8. The molecule has 492 valence electrons. The van der Waals surface area contributed by atoms with Crippen molar-refractivity contribution >= 4 is 17.9 Å². The second kappa shape index (κ2) is 66.4. The van der Waals surface area contributed by atoms with Crippen LogP contribution in [-0.4, -0.2) is 82.3 Å². The highest BCUT2D eigenvalue weighted by Crippen LogP contribution is 2.18. The quantitative estimate of drug-likeness (QED) is 0.0195. The maximum absolute atomic E-state index is 12.9. The van der Waals surface area contributed by atoms with Gasteiger partial charge >= 0.3 is 11.9 Å². The maximum atomic E-state index is 12.9. The fourth-order valence-electron chi connectivity index (χ4n) is 10.2. The maximum Gasteiger partial charge on any atom is 0.306 e. The SMILES string of the molecule is CC/C=C\C/C=C\C/C=C\C/C=C\C/C=C\C/C=C\C/C=C\CCCCCCCCCCCCCCCCCCCC(=O)OC(COC(=O)CCCCCCCCCCCCCCCCCCCCCCC)COC(OCC[N+](C)(C)C)C(=O)[O-]. The Hall–Kier alpha value is -3.53. The lowest BCUT2D eigenvalue weighted by molar-refractivity contribution is -0.870. The molecule has 0 rings (SSSR count). The number of carbonyl (C=O) groups is 3. The van der Waals surface area contributed by atoms with Crippen LogP contribution in [0.15, 0.2) is 85.1 Å². The molecule has 0 aliphatic carbocycles. The summed E-state index contributed by atoms with van der Waals surface area (Å²) < 4.78 is 22.8. The topological polar surface area (TPSA) is 111 Å². The first-order chi connectivity index (χ1) is 41.6. The van der Waals surface area contributed by atoms with Crippen molar-refractivity contribution in [3.8, 4) is 0 Å². The van der Waals surface area contributed by atoms with Crippen LogP contribution in [0.4, 0.5) is 0 Å². The Balaban J connectivity index is 4.04. The molecule has 0 aromatic carbocycles. The van der Waals surface area contributed by atoms with Gasteiger partial charge in [0.1, 0.15) is 13.2 Å². The van der Waals surface area contributed by atoms with E-state index in [0.717, 1.165) is 77.0 Å². The van der Waals surface area contributed by atoms with Gasteiger partial charge in [-0.2, -0.15) is 0 Å². The van der Waals surface area contributed by atoms with Crippen LogP contribution in [0, 0.1) is 0 Å². The molecule has 0 aromatic heterocycles. The standard InChI is InChI=1S/C76H135NO8/c1-6-8-10-12-14-16-18-20-22-24-26-28-29-30-31-32-33-34-35-36-37-38-39-40-41-42-43-44-45-47-49-51-53-55-57-59-61-63-65-67-74(79)85-72(71-84-76(75(80)81)82-69-68-77(3,4)5)70-83-73(78)66-64-62-60-58-56-54-52-50-48-46-27-25-23-21-19-17-15-13-11-9-7-2/h8,10,14,16,20,22,26,28,30-31,33-34,36-37,72,76H,6-7,9,11-13,15,17-19,21,23-25,27,29,32,35,38-71H2,1-5H3/b10-8-,16-14-,22-20-,28-26-,31-30-,34-33-,37-36-. The molecule has 0 spiro atoms. The fourth-order valence-corrected chi connectivity index (χ4v) is 10.2. The van der Waals surface area contributed by atoms with E-state index in [1.54, 1.807) is 0 Å². The van der Waals surface area contributed by atoms with Gasteiger partial charge in [0.05, 0.1) is 40.3 Å². The number of esters is 2. The van der Waals surface area contributed by atoms with Gasteiger partial charge in [-0.1, -0.05) is 324 Å². The summed E-state index contributed by atoms with van der Waals surface area (Å²) >= 11 is 0. The number of likely N-dealkylation sites (N-methyl/N-ethyl adjacent to an activating group) is 1. The Kier molecular flexibility index (Phi) is 63.7. The molecule has 0 saturated carbocycles. The Morgan fingerprint density at radius 3 is 1.00 bits per heavy atom. The van der Waals surface area contributed by atoms with Crippen LogP contribution in [-0.2, 0) is 33.3 Å². The zero-order chi connectivity index (χ0) is 61.9. The molecule has 0 heterocycles. The molecule has 9 nitrogen and oxygen atoms in total. The first-order valence-electron chi connectivity index (χ1n) is 35.7. The number of carboxylic acids is 1. The second-order valence-electron chi connectivity index (χ2n) is 25.2. The second-order valence-corrected chi connectivity index (χ2v) is 25.2. The number of unbranched alkanes of at least 4 members (excludes halogenated alkanes) is 37. The van der Waals surface area contributed by atoms with Crippen LogP contribution >= 0.6 is 0 Å². The number of rotatable bonds is 66. The molecular weight excluding hydrogens is 1050 g/mol. The zero-order valence-corrected chi connectivity index (χ0v) is 56.2. The largest absolute Gasteiger partial charge is 0.545 e. The van der Waals surface area contributed by atoms with Gasteiger partial charge in [0, 0.05) is 12.8 Å². The number of hydrogen-bond donors (Lipinski definition) is 0. The number of quaternary nitrogens is 1. The number of allylic oxidation sites excluding steroid dienone is 14. The van der Waals surface area contributed by atoms with Crippen molar-refractivity contribution in [1.29, 1.82) is 0 Å². The van der Waals surface area contributed by atoms with E-state index < -0.39 is 24.3 Å². The minimum absolute atomic E-state index is 0.148. The molecule has 0 amide bonds. The van der Waals surface area contributed by atoms with Crippen molar-refractivity contribution in [3.05, 3.63) is 85.1 Å². The lowest BCUT2D eigenvalue weighted by Crippen LogP contribution is -2.44. The summed E-state index contributed by atoms with van der Waals surface area (Å²) in [6, 6.07) is 0. The summed E-state index contributed by atoms with van der Waals surface area (Å²) in [5, 5.41) is 11.8. The molecule has 0 bridgehead atoms. The zero-order valence-electron chi connectivity index (χ0n) is 56.2. The van der Waals surface area contributed by atoms with Crippen molar-refractivity contribution < 1.29 is 42.9 Å². The summed E-state index contributed by atoms with van der Waals surface area (Å²) in [4.78, 5) is 37.5. The van der Waals surface area contributed by atoms with E-state index in [-0.39, 0.29) is 32.2 Å². The molecule has 2 atom stereocenters. The van der Waals surface area contributed by atoms with Crippen LogP contribution < -0.4 is 5.11 Å². The van der Waals surface area contributed by atoms with E-state index in [1.807, 2.05) is 21.1 Å². The highest BCUT2D eigenvalue weighted by molar-refractivity contribution is 5.70. The predicted octanol–water partition coefficient (Wildman–Crippen LogP) is 20.9. The van der Waals surface area contributed by atoms with E-state index in [2.05, 4.69) is 98.9 Å². The van der Waals surface area contributed by atoms with Crippen molar-refractivity contribution in [2.45, 2.75) is 334 Å². The van der Waals surface area contributed by atoms with Gasteiger partial charge in [0.25, 0.3) is 0 Å². The van der Waals surface area contributed by atoms with Crippen LogP contribution in [0.2, 0.25) is 0 Å². The third-order valence-corrected chi connectivity index (χ3v) is 15.7. The molecule has 9 heteroatoms. The summed E-state index contributed by atoms with van der Waals surface area (Å²) in [7, 11) is 5.94. The molecule has 0 N–H and O–H groups in total. The first-order valence-corrected chi connectivity index (χ1v) is 35.7. The molecule has 0 saturated heterocycles. The van der Waals surface area contributed by atoms with Crippen molar-refractivity contribution in [3.63, 3.8) is 0 Å². The Bertz CT molecular complexity index is 1670. The summed E-state index contributed by atoms with van der Waals surface area (Å²) in [5.41, 5.74) is 0. The van der Waals surface area contributed by atoms with E-state index in [4.69, 9.17) is 18.9 Å². The molecule has 85 heavy (non-hydrogen) atoms. The number of hydrogen-bond acceptors (Lipinski definition) is 8. The molecule has 0 radical (unpaired) electrons. The van der Waals surface area contributed by atoms with Crippen LogP contribution in [0.5, 0.6) is 0 Å². The lowest BCUT2D eigenvalue weighted by atomic mass is 10.0. The van der Waals surface area contributed by atoms with Crippen LogP contribution in [0.3, 0.4) is 0 Å². The van der Waals surface area contributed by atoms with E-state index in [9.17, 15) is 19.5 Å². The van der Waals surface area contributed by atoms with Gasteiger partial charge in [-0.15, -0.1) is 0 Å². The molecular formula is C76H135NO8. The number of nitrogens with zero attached hydrogens (tertiary/aromatic N) is 1. The van der Waals surface area contributed by atoms with Gasteiger partial charge in [-0.3, -0.25) is 9.59 Å². The average Bonchev–Trinajstić information content (AvgIpc) is 3.49. The average molecular weight is 1190 g/mol. The Labute approximate surface area is 525 Å². The van der Waals surface area contributed by atoms with Crippen molar-refractivity contribution in [1.82, 2.24) is 0 Å². The van der Waals surface area contributed by atoms with Crippen molar-refractivity contribution in [2.75, 3.05) is 47.5 Å². The smallest absolute Gasteiger partial charge is 0.306 e. The molecule has 0 aromatic rings. The van der Waals surface area contributed by atoms with Gasteiger partial charge < -0.3 is 33.3 Å². The van der Waals surface area contributed by atoms with E-state index >= 15 is 0 Å². The number of ether oxygens (including phenoxy) is 4. The first kappa shape index (κ1) is 81.5. The Morgan fingerprint density at radius 2 is 0.671 bits per heavy atom. The molecule has 2 unspecified atom stereocenters. The van der Waals surface area contributed by atoms with Crippen LogP contribution in [0.1, 0.15) is 322 Å². The number of carbonyl (C=O) groups excluding carboxylic acids is 3. The van der Waals surface area contributed by atoms with Crippen molar-refractivity contribution in [2.24, 2.45) is 0 Å². The van der Waals surface area contributed by atoms with E-state index in [0.29, 0.717) is 23.9 Å². The minimum atomic E-state index is -1.62. The molecule has 0 fully saturated rings. The number of carboxylic acid groups (broad SMARTS) is 1. The lowest BCUT2D eigenvalue weighted by Gasteiger charge is -2.26. The minimum Gasteiger partial charge on any atom is -0.545 e. The van der Waals surface area contributed by atoms with Crippen LogP contribution in [0.25, 0.3) is 0 Å². The summed E-state index contributed by atoms with van der Waals surface area (Å²) in [6.45, 7) is 4.68. The summed E-state index contributed by atoms with van der Waals surface area (Å²) in [5.74, 6) is -2.26. The molecule has 0 aliphatic heterocycles. The van der Waals surface area contributed by atoms with Gasteiger partial charge in [-0.25, -0.2) is 0 Å². The monoisotopic (exact) mass is 1190 g/mol.